The molecule has 1 N–H and O–H groups in total. The van der Waals surface area contributed by atoms with Crippen molar-refractivity contribution in [1.82, 2.24) is 15.1 Å². The molecule has 1 aliphatic rings. The van der Waals surface area contributed by atoms with E-state index in [1.807, 2.05) is 17.9 Å². The van der Waals surface area contributed by atoms with Gasteiger partial charge in [0.1, 0.15) is 5.69 Å². The first-order valence-corrected chi connectivity index (χ1v) is 7.60. The zero-order chi connectivity index (χ0) is 14.7. The lowest BCUT2D eigenvalue weighted by Crippen LogP contribution is -2.32. The molecule has 0 aliphatic carbocycles. The van der Waals surface area contributed by atoms with Crippen LogP contribution < -0.4 is 0 Å². The second-order valence-corrected chi connectivity index (χ2v) is 5.77. The van der Waals surface area contributed by atoms with E-state index >= 15 is 0 Å². The highest BCUT2D eigenvalue weighted by Gasteiger charge is 2.23. The van der Waals surface area contributed by atoms with E-state index in [2.05, 4.69) is 40.5 Å². The van der Waals surface area contributed by atoms with Gasteiger partial charge in [0.2, 0.25) is 0 Å². The van der Waals surface area contributed by atoms with Gasteiger partial charge in [-0.05, 0) is 43.7 Å². The number of aromatic amines is 1. The molecule has 4 heteroatoms. The Hall–Kier alpha value is -2.10. The molecule has 0 spiro atoms. The Labute approximate surface area is 125 Å². The third-order valence-electron chi connectivity index (χ3n) is 4.21. The van der Waals surface area contributed by atoms with Crippen LogP contribution in [0.1, 0.15) is 46.9 Å². The van der Waals surface area contributed by atoms with Crippen LogP contribution in [0.15, 0.2) is 36.4 Å². The average Bonchev–Trinajstić information content (AvgIpc) is 2.81. The fourth-order valence-electron chi connectivity index (χ4n) is 3.05. The van der Waals surface area contributed by atoms with Crippen molar-refractivity contribution in [3.8, 4) is 0 Å². The zero-order valence-electron chi connectivity index (χ0n) is 12.4. The Kier molecular flexibility index (Phi) is 4.04. The van der Waals surface area contributed by atoms with Crippen LogP contribution in [0.5, 0.6) is 0 Å². The average molecular weight is 283 g/mol. The molecule has 1 atom stereocenters. The fourth-order valence-corrected chi connectivity index (χ4v) is 3.05. The first kappa shape index (κ1) is 13.9. The van der Waals surface area contributed by atoms with Crippen LogP contribution in [0.3, 0.4) is 0 Å². The van der Waals surface area contributed by atoms with Crippen LogP contribution in [0.4, 0.5) is 0 Å². The van der Waals surface area contributed by atoms with Crippen LogP contribution in [0.2, 0.25) is 0 Å². The predicted octanol–water partition coefficient (Wildman–Crippen LogP) is 3.13. The Morgan fingerprint density at radius 2 is 2.05 bits per heavy atom. The normalized spacial score (nSPS) is 19.3. The maximum Gasteiger partial charge on any atom is 0.274 e. The predicted molar refractivity (Wildman–Crippen MR) is 82.3 cm³/mol. The van der Waals surface area contributed by atoms with Gasteiger partial charge in [-0.25, -0.2) is 0 Å². The quantitative estimate of drug-likeness (QED) is 0.920. The van der Waals surface area contributed by atoms with Crippen LogP contribution in [-0.4, -0.2) is 34.1 Å². The molecule has 0 unspecified atom stereocenters. The summed E-state index contributed by atoms with van der Waals surface area (Å²) in [5.41, 5.74) is 2.85. The van der Waals surface area contributed by atoms with E-state index in [1.54, 1.807) is 0 Å². The molecule has 2 heterocycles. The van der Waals surface area contributed by atoms with Crippen LogP contribution >= 0.6 is 0 Å². The summed E-state index contributed by atoms with van der Waals surface area (Å²) in [4.78, 5) is 14.4. The lowest BCUT2D eigenvalue weighted by molar-refractivity contribution is 0.0755. The third-order valence-corrected chi connectivity index (χ3v) is 4.21. The smallest absolute Gasteiger partial charge is 0.274 e. The minimum absolute atomic E-state index is 0.0491. The minimum atomic E-state index is 0.0491. The minimum Gasteiger partial charge on any atom is -0.337 e. The number of carbonyl (C=O) groups excluding carboxylic acids is 1. The van der Waals surface area contributed by atoms with E-state index in [4.69, 9.17) is 0 Å². The van der Waals surface area contributed by atoms with Crippen LogP contribution in [0.25, 0.3) is 0 Å². The molecule has 1 fully saturated rings. The van der Waals surface area contributed by atoms with Crippen molar-refractivity contribution in [2.45, 2.75) is 32.1 Å². The van der Waals surface area contributed by atoms with Crippen molar-refractivity contribution >= 4 is 5.91 Å². The van der Waals surface area contributed by atoms with Crippen molar-refractivity contribution < 1.29 is 4.79 Å². The van der Waals surface area contributed by atoms with E-state index in [-0.39, 0.29) is 5.91 Å². The summed E-state index contributed by atoms with van der Waals surface area (Å²) in [5.74, 6) is 0.609. The number of carbonyl (C=O) groups is 1. The molecule has 0 saturated carbocycles. The van der Waals surface area contributed by atoms with Gasteiger partial charge in [-0.3, -0.25) is 9.89 Å². The number of nitrogens with zero attached hydrogens (tertiary/aromatic N) is 2. The van der Waals surface area contributed by atoms with Gasteiger partial charge in [-0.15, -0.1) is 0 Å². The number of benzene rings is 1. The van der Waals surface area contributed by atoms with Gasteiger partial charge in [0, 0.05) is 18.8 Å². The van der Waals surface area contributed by atoms with Crippen molar-refractivity contribution in [3.05, 3.63) is 53.3 Å². The second-order valence-electron chi connectivity index (χ2n) is 5.77. The molecule has 4 nitrogen and oxygen atoms in total. The first-order chi connectivity index (χ1) is 10.2. The molecule has 1 amide bonds. The molecule has 110 valence electrons. The van der Waals surface area contributed by atoms with Crippen LogP contribution in [0, 0.1) is 6.92 Å². The van der Waals surface area contributed by atoms with Gasteiger partial charge in [-0.2, -0.15) is 5.10 Å². The number of likely N-dealkylation sites (tertiary alicyclic amines) is 1. The molecule has 3 rings (SSSR count). The molecule has 0 bridgehead atoms. The summed E-state index contributed by atoms with van der Waals surface area (Å²) >= 11 is 0. The molecule has 21 heavy (non-hydrogen) atoms. The number of nitrogens with one attached hydrogen (secondary N) is 1. The molecule has 1 aromatic heterocycles. The van der Waals surface area contributed by atoms with Gasteiger partial charge in [0.15, 0.2) is 0 Å². The van der Waals surface area contributed by atoms with Gasteiger partial charge in [0.25, 0.3) is 5.91 Å². The van der Waals surface area contributed by atoms with Crippen molar-refractivity contribution in [2.75, 3.05) is 13.1 Å². The summed E-state index contributed by atoms with van der Waals surface area (Å²) in [5, 5.41) is 6.92. The number of hydrogen-bond donors (Lipinski definition) is 1. The Balaban J connectivity index is 1.67. The SMILES string of the molecule is Cc1cc(C(=O)N2CCC[C@H](c3ccccc3)CC2)n[nH]1. The monoisotopic (exact) mass is 283 g/mol. The van der Waals surface area contributed by atoms with E-state index in [0.717, 1.165) is 38.0 Å². The van der Waals surface area contributed by atoms with Gasteiger partial charge in [-0.1, -0.05) is 30.3 Å². The van der Waals surface area contributed by atoms with Gasteiger partial charge >= 0.3 is 0 Å². The second kappa shape index (κ2) is 6.12. The fraction of sp³-hybridized carbons (Fsp3) is 0.412. The number of rotatable bonds is 2. The molecule has 1 aromatic carbocycles. The molecule has 1 aliphatic heterocycles. The highest BCUT2D eigenvalue weighted by Crippen LogP contribution is 2.28. The summed E-state index contributed by atoms with van der Waals surface area (Å²) < 4.78 is 0. The summed E-state index contributed by atoms with van der Waals surface area (Å²) in [7, 11) is 0. The van der Waals surface area contributed by atoms with Gasteiger partial charge in [0.05, 0.1) is 0 Å². The standard InChI is InChI=1S/C17H21N3O/c1-13-12-16(19-18-13)17(21)20-10-5-8-15(9-11-20)14-6-3-2-4-7-14/h2-4,6-7,12,15H,5,8-11H2,1H3,(H,18,19)/t15-/m0/s1. The van der Waals surface area contributed by atoms with Crippen LogP contribution in [-0.2, 0) is 0 Å². The molecular formula is C17H21N3O. The van der Waals surface area contributed by atoms with E-state index in [0.29, 0.717) is 11.6 Å². The lowest BCUT2D eigenvalue weighted by Gasteiger charge is -2.19. The molecule has 2 aromatic rings. The maximum absolute atomic E-state index is 12.5. The highest BCUT2D eigenvalue weighted by molar-refractivity contribution is 5.92. The molecule has 0 radical (unpaired) electrons. The number of H-pyrrole nitrogens is 1. The van der Waals surface area contributed by atoms with Crippen molar-refractivity contribution in [1.29, 1.82) is 0 Å². The van der Waals surface area contributed by atoms with E-state index in [9.17, 15) is 4.79 Å². The Morgan fingerprint density at radius 3 is 2.76 bits per heavy atom. The lowest BCUT2D eigenvalue weighted by atomic mass is 9.92. The summed E-state index contributed by atoms with van der Waals surface area (Å²) in [6.07, 6.45) is 3.22. The molecular weight excluding hydrogens is 262 g/mol. The van der Waals surface area contributed by atoms with Crippen molar-refractivity contribution in [3.63, 3.8) is 0 Å². The number of aromatic nitrogens is 2. The summed E-state index contributed by atoms with van der Waals surface area (Å²) in [6, 6.07) is 12.4. The maximum atomic E-state index is 12.5. The largest absolute Gasteiger partial charge is 0.337 e. The van der Waals surface area contributed by atoms with E-state index in [1.165, 1.54) is 5.56 Å². The number of amides is 1. The first-order valence-electron chi connectivity index (χ1n) is 7.60. The number of hydrogen-bond acceptors (Lipinski definition) is 2. The van der Waals surface area contributed by atoms with Crippen molar-refractivity contribution in [2.24, 2.45) is 0 Å². The van der Waals surface area contributed by atoms with E-state index < -0.39 is 0 Å². The molecule has 1 saturated heterocycles. The van der Waals surface area contributed by atoms with Gasteiger partial charge < -0.3 is 4.90 Å². The summed E-state index contributed by atoms with van der Waals surface area (Å²) in [6.45, 7) is 3.55. The number of aryl methyl sites for hydroxylation is 1. The Bertz CT molecular complexity index is 606. The Morgan fingerprint density at radius 1 is 1.24 bits per heavy atom. The third kappa shape index (κ3) is 3.15. The highest BCUT2D eigenvalue weighted by atomic mass is 16.2. The zero-order valence-corrected chi connectivity index (χ0v) is 12.4. The topological polar surface area (TPSA) is 49.0 Å².